The van der Waals surface area contributed by atoms with Gasteiger partial charge >= 0.3 is 0 Å². The number of halogens is 3. The van der Waals surface area contributed by atoms with Crippen LogP contribution in [0.5, 0.6) is 0 Å². The van der Waals surface area contributed by atoms with Gasteiger partial charge in [-0.3, -0.25) is 4.79 Å². The number of anilines is 2. The smallest absolute Gasteiger partial charge is 0.263 e. The summed E-state index contributed by atoms with van der Waals surface area (Å²) in [5.41, 5.74) is 5.62. The van der Waals surface area contributed by atoms with Crippen LogP contribution in [0.4, 0.5) is 24.5 Å². The maximum atomic E-state index is 13.6. The third-order valence-electron chi connectivity index (χ3n) is 2.81. The summed E-state index contributed by atoms with van der Waals surface area (Å²) in [5.74, 6) is -4.47. The number of hydrogen-bond acceptors (Lipinski definition) is 2. The number of amides is 1. The van der Waals surface area contributed by atoms with Crippen LogP contribution >= 0.6 is 0 Å². The van der Waals surface area contributed by atoms with Crippen LogP contribution < -0.4 is 10.6 Å². The largest absolute Gasteiger partial charge is 0.399 e. The van der Waals surface area contributed by atoms with E-state index in [2.05, 4.69) is 0 Å². The van der Waals surface area contributed by atoms with Crippen molar-refractivity contribution in [1.82, 2.24) is 0 Å². The highest BCUT2D eigenvalue weighted by Gasteiger charge is 2.22. The Balaban J connectivity index is 2.39. The molecule has 104 valence electrons. The van der Waals surface area contributed by atoms with Crippen molar-refractivity contribution in [2.75, 3.05) is 17.7 Å². The molecule has 0 bridgehead atoms. The first-order chi connectivity index (χ1) is 9.40. The summed E-state index contributed by atoms with van der Waals surface area (Å²) < 4.78 is 39.9. The number of nitrogens with two attached hydrogens (primary N) is 1. The Morgan fingerprint density at radius 2 is 1.55 bits per heavy atom. The highest BCUT2D eigenvalue weighted by molar-refractivity contribution is 6.06. The molecule has 3 nitrogen and oxygen atoms in total. The first-order valence-electron chi connectivity index (χ1n) is 5.68. The minimum Gasteiger partial charge on any atom is -0.399 e. The molecule has 2 aromatic rings. The summed E-state index contributed by atoms with van der Waals surface area (Å²) in [4.78, 5) is 13.1. The quantitative estimate of drug-likeness (QED) is 0.860. The minimum atomic E-state index is -1.24. The van der Waals surface area contributed by atoms with Gasteiger partial charge in [0.15, 0.2) is 0 Å². The molecule has 0 spiro atoms. The lowest BCUT2D eigenvalue weighted by atomic mass is 10.1. The summed E-state index contributed by atoms with van der Waals surface area (Å²) >= 11 is 0. The summed E-state index contributed by atoms with van der Waals surface area (Å²) in [7, 11) is 1.36. The lowest BCUT2D eigenvalue weighted by Gasteiger charge is -2.18. The van der Waals surface area contributed by atoms with Crippen molar-refractivity contribution < 1.29 is 18.0 Å². The van der Waals surface area contributed by atoms with Crippen molar-refractivity contribution in [3.63, 3.8) is 0 Å². The van der Waals surface area contributed by atoms with Crippen LogP contribution in [0.3, 0.4) is 0 Å². The van der Waals surface area contributed by atoms with E-state index in [1.165, 1.54) is 19.2 Å². The molecule has 0 unspecified atom stereocenters. The predicted octanol–water partition coefficient (Wildman–Crippen LogP) is 2.96. The molecule has 0 heterocycles. The molecule has 0 aromatic heterocycles. The van der Waals surface area contributed by atoms with Crippen molar-refractivity contribution >= 4 is 17.3 Å². The predicted molar refractivity (Wildman–Crippen MR) is 69.9 cm³/mol. The van der Waals surface area contributed by atoms with Crippen LogP contribution in [-0.4, -0.2) is 13.0 Å². The summed E-state index contributed by atoms with van der Waals surface area (Å²) in [6.45, 7) is 0. The van der Waals surface area contributed by atoms with Gasteiger partial charge < -0.3 is 10.6 Å². The third kappa shape index (κ3) is 2.59. The first-order valence-corrected chi connectivity index (χ1v) is 5.68. The second-order valence-corrected chi connectivity index (χ2v) is 4.20. The van der Waals surface area contributed by atoms with E-state index in [4.69, 9.17) is 5.73 Å². The average molecular weight is 280 g/mol. The lowest BCUT2D eigenvalue weighted by Crippen LogP contribution is -2.28. The van der Waals surface area contributed by atoms with Gasteiger partial charge in [-0.2, -0.15) is 0 Å². The first kappa shape index (κ1) is 13.9. The molecule has 0 fully saturated rings. The Morgan fingerprint density at radius 3 is 2.05 bits per heavy atom. The molecule has 2 N–H and O–H groups in total. The number of rotatable bonds is 2. The molecule has 0 aliphatic rings. The molecule has 0 atom stereocenters. The van der Waals surface area contributed by atoms with Crippen molar-refractivity contribution in [3.05, 3.63) is 59.4 Å². The van der Waals surface area contributed by atoms with E-state index in [0.717, 1.165) is 4.90 Å². The maximum Gasteiger partial charge on any atom is 0.263 e. The number of carbonyl (C=O) groups is 1. The van der Waals surface area contributed by atoms with Crippen LogP contribution in [0.25, 0.3) is 0 Å². The molecule has 2 rings (SSSR count). The van der Waals surface area contributed by atoms with E-state index in [0.29, 0.717) is 23.5 Å². The Hall–Kier alpha value is -2.50. The van der Waals surface area contributed by atoms with Crippen LogP contribution in [0, 0.1) is 17.5 Å². The van der Waals surface area contributed by atoms with Crippen LogP contribution in [0.2, 0.25) is 0 Å². The van der Waals surface area contributed by atoms with Gasteiger partial charge in [-0.25, -0.2) is 13.2 Å². The molecule has 0 aliphatic carbocycles. The monoisotopic (exact) mass is 280 g/mol. The number of benzene rings is 2. The van der Waals surface area contributed by atoms with Crippen LogP contribution in [0.15, 0.2) is 36.4 Å². The maximum absolute atomic E-state index is 13.6. The second kappa shape index (κ2) is 5.24. The molecule has 2 aromatic carbocycles. The highest BCUT2D eigenvalue weighted by atomic mass is 19.1. The zero-order valence-electron chi connectivity index (χ0n) is 10.5. The molecule has 0 saturated heterocycles. The van der Waals surface area contributed by atoms with Gasteiger partial charge in [0, 0.05) is 30.6 Å². The van der Waals surface area contributed by atoms with Gasteiger partial charge in [-0.1, -0.05) is 0 Å². The number of nitrogen functional groups attached to an aromatic ring is 1. The zero-order valence-corrected chi connectivity index (χ0v) is 10.5. The molecular formula is C14H11F3N2O. The SMILES string of the molecule is CN(C(=O)c1c(F)cc(F)cc1F)c1ccc(N)cc1. The Labute approximate surface area is 113 Å². The lowest BCUT2D eigenvalue weighted by molar-refractivity contribution is 0.0985. The number of hydrogen-bond donors (Lipinski definition) is 1. The Morgan fingerprint density at radius 1 is 1.05 bits per heavy atom. The van der Waals surface area contributed by atoms with Gasteiger partial charge in [-0.05, 0) is 24.3 Å². The van der Waals surface area contributed by atoms with E-state index in [-0.39, 0.29) is 0 Å². The van der Waals surface area contributed by atoms with Crippen LogP contribution in [-0.2, 0) is 0 Å². The molecule has 0 aliphatic heterocycles. The van der Waals surface area contributed by atoms with Gasteiger partial charge in [-0.15, -0.1) is 0 Å². The fraction of sp³-hybridized carbons (Fsp3) is 0.0714. The van der Waals surface area contributed by atoms with E-state index < -0.39 is 28.9 Å². The van der Waals surface area contributed by atoms with Gasteiger partial charge in [0.2, 0.25) is 0 Å². The van der Waals surface area contributed by atoms with E-state index >= 15 is 0 Å². The average Bonchev–Trinajstić information content (AvgIpc) is 2.37. The normalized spacial score (nSPS) is 10.4. The molecular weight excluding hydrogens is 269 g/mol. The highest BCUT2D eigenvalue weighted by Crippen LogP contribution is 2.21. The second-order valence-electron chi connectivity index (χ2n) is 4.20. The van der Waals surface area contributed by atoms with Crippen molar-refractivity contribution in [2.45, 2.75) is 0 Å². The van der Waals surface area contributed by atoms with Crippen molar-refractivity contribution in [1.29, 1.82) is 0 Å². The molecule has 0 saturated carbocycles. The molecule has 6 heteroatoms. The fourth-order valence-corrected chi connectivity index (χ4v) is 1.73. The van der Waals surface area contributed by atoms with E-state index in [1.807, 2.05) is 0 Å². The number of carbonyl (C=O) groups excluding carboxylic acids is 1. The topological polar surface area (TPSA) is 46.3 Å². The van der Waals surface area contributed by atoms with E-state index in [1.54, 1.807) is 12.1 Å². The minimum absolute atomic E-state index is 0.410. The third-order valence-corrected chi connectivity index (χ3v) is 2.81. The summed E-state index contributed by atoms with van der Waals surface area (Å²) in [6.07, 6.45) is 0. The molecule has 20 heavy (non-hydrogen) atoms. The van der Waals surface area contributed by atoms with Gasteiger partial charge in [0.05, 0.1) is 0 Å². The van der Waals surface area contributed by atoms with Gasteiger partial charge in [0.1, 0.15) is 23.0 Å². The van der Waals surface area contributed by atoms with E-state index in [9.17, 15) is 18.0 Å². The van der Waals surface area contributed by atoms with Crippen molar-refractivity contribution in [3.8, 4) is 0 Å². The Bertz CT molecular complexity index is 633. The summed E-state index contributed by atoms with van der Waals surface area (Å²) in [5, 5.41) is 0. The van der Waals surface area contributed by atoms with Gasteiger partial charge in [0.25, 0.3) is 5.91 Å². The van der Waals surface area contributed by atoms with Crippen molar-refractivity contribution in [2.24, 2.45) is 0 Å². The van der Waals surface area contributed by atoms with Crippen LogP contribution in [0.1, 0.15) is 10.4 Å². The molecule has 0 radical (unpaired) electrons. The Kier molecular flexibility index (Phi) is 3.65. The number of nitrogens with zero attached hydrogens (tertiary/aromatic N) is 1. The summed E-state index contributed by atoms with van der Waals surface area (Å²) in [6, 6.07) is 7.10. The zero-order chi connectivity index (χ0) is 14.9. The molecule has 1 amide bonds. The fourth-order valence-electron chi connectivity index (χ4n) is 1.73. The standard InChI is InChI=1S/C14H11F3N2O/c1-19(10-4-2-9(18)3-5-10)14(20)13-11(16)6-8(15)7-12(13)17/h2-7H,18H2,1H3.